The van der Waals surface area contributed by atoms with E-state index in [-0.39, 0.29) is 10.7 Å². The van der Waals surface area contributed by atoms with Gasteiger partial charge in [0.2, 0.25) is 0 Å². The van der Waals surface area contributed by atoms with Gasteiger partial charge in [-0.2, -0.15) is 5.10 Å². The van der Waals surface area contributed by atoms with E-state index in [1.807, 2.05) is 24.3 Å². The van der Waals surface area contributed by atoms with Crippen molar-refractivity contribution in [2.24, 2.45) is 5.10 Å². The highest BCUT2D eigenvalue weighted by molar-refractivity contribution is 9.10. The zero-order valence-electron chi connectivity index (χ0n) is 9.68. The molecule has 0 aliphatic heterocycles. The lowest BCUT2D eigenvalue weighted by Gasteiger charge is -2.01. The molecule has 6 heteroatoms. The molecule has 1 amide bonds. The Morgan fingerprint density at radius 1 is 1.32 bits per heavy atom. The van der Waals surface area contributed by atoms with Gasteiger partial charge in [-0.05, 0) is 18.2 Å². The van der Waals surface area contributed by atoms with Crippen LogP contribution in [0, 0.1) is 0 Å². The summed E-state index contributed by atoms with van der Waals surface area (Å²) in [5.74, 6) is -0.401. The minimum atomic E-state index is -0.401. The first-order valence-electron chi connectivity index (χ1n) is 5.37. The molecule has 0 radical (unpaired) electrons. The number of nitrogens with zero attached hydrogens (tertiary/aromatic N) is 2. The van der Waals surface area contributed by atoms with Crippen molar-refractivity contribution in [3.8, 4) is 0 Å². The maximum atomic E-state index is 11.8. The highest BCUT2D eigenvalue weighted by Crippen LogP contribution is 2.13. The summed E-state index contributed by atoms with van der Waals surface area (Å²) >= 11 is 9.19. The predicted molar refractivity (Wildman–Crippen MR) is 78.4 cm³/mol. The fourth-order valence-corrected chi connectivity index (χ4v) is 1.95. The van der Waals surface area contributed by atoms with Gasteiger partial charge in [-0.15, -0.1) is 0 Å². The molecule has 0 aliphatic rings. The molecule has 1 N–H and O–H groups in total. The summed E-state index contributed by atoms with van der Waals surface area (Å²) < 4.78 is 0.896. The minimum absolute atomic E-state index is 0.149. The van der Waals surface area contributed by atoms with Gasteiger partial charge >= 0.3 is 0 Å². The Labute approximate surface area is 123 Å². The number of benzene rings is 1. The molecule has 1 aromatic carbocycles. The van der Waals surface area contributed by atoms with Crippen molar-refractivity contribution in [1.29, 1.82) is 0 Å². The van der Waals surface area contributed by atoms with Crippen LogP contribution in [0.15, 0.2) is 52.2 Å². The maximum Gasteiger partial charge on any atom is 0.274 e. The smallest absolute Gasteiger partial charge is 0.267 e. The number of carbonyl (C=O) groups is 1. The monoisotopic (exact) mass is 337 g/mol. The fraction of sp³-hybridized carbons (Fsp3) is 0. The molecular weight excluding hydrogens is 330 g/mol. The third-order valence-electron chi connectivity index (χ3n) is 2.28. The van der Waals surface area contributed by atoms with Gasteiger partial charge in [0.1, 0.15) is 5.15 Å². The van der Waals surface area contributed by atoms with Crippen LogP contribution in [-0.4, -0.2) is 17.1 Å². The second-order valence-electron chi connectivity index (χ2n) is 3.56. The first-order chi connectivity index (χ1) is 9.18. The summed E-state index contributed by atoms with van der Waals surface area (Å²) in [6.07, 6.45) is 3.07. The quantitative estimate of drug-likeness (QED) is 0.530. The van der Waals surface area contributed by atoms with E-state index in [1.165, 1.54) is 6.20 Å². The second kappa shape index (κ2) is 6.45. The SMILES string of the molecule is O=C(N/N=C/c1ccccc1Br)c1cccnc1Cl. The molecule has 19 heavy (non-hydrogen) atoms. The van der Waals surface area contributed by atoms with E-state index >= 15 is 0 Å². The minimum Gasteiger partial charge on any atom is -0.267 e. The highest BCUT2D eigenvalue weighted by Gasteiger charge is 2.09. The molecule has 2 aromatic rings. The number of rotatable bonds is 3. The van der Waals surface area contributed by atoms with Gasteiger partial charge in [0.25, 0.3) is 5.91 Å². The molecular formula is C13H9BrClN3O. The van der Waals surface area contributed by atoms with Gasteiger partial charge in [0.05, 0.1) is 11.8 Å². The third kappa shape index (κ3) is 3.62. The van der Waals surface area contributed by atoms with Crippen molar-refractivity contribution >= 4 is 39.7 Å². The van der Waals surface area contributed by atoms with E-state index < -0.39 is 5.91 Å². The zero-order chi connectivity index (χ0) is 13.7. The lowest BCUT2D eigenvalue weighted by molar-refractivity contribution is 0.0955. The molecule has 0 spiro atoms. The molecule has 0 fully saturated rings. The number of hydrogen-bond acceptors (Lipinski definition) is 3. The van der Waals surface area contributed by atoms with Gasteiger partial charge in [-0.25, -0.2) is 10.4 Å². The molecule has 4 nitrogen and oxygen atoms in total. The molecule has 1 aromatic heterocycles. The van der Waals surface area contributed by atoms with E-state index in [4.69, 9.17) is 11.6 Å². The van der Waals surface area contributed by atoms with Crippen LogP contribution in [-0.2, 0) is 0 Å². The summed E-state index contributed by atoms with van der Waals surface area (Å²) in [7, 11) is 0. The van der Waals surface area contributed by atoms with Gasteiger partial charge in [-0.1, -0.05) is 45.7 Å². The predicted octanol–water partition coefficient (Wildman–Crippen LogP) is 3.26. The molecule has 2 rings (SSSR count). The van der Waals surface area contributed by atoms with Crippen molar-refractivity contribution in [1.82, 2.24) is 10.4 Å². The van der Waals surface area contributed by atoms with Gasteiger partial charge < -0.3 is 0 Å². The van der Waals surface area contributed by atoms with E-state index in [1.54, 1.807) is 18.3 Å². The molecule has 1 heterocycles. The first-order valence-corrected chi connectivity index (χ1v) is 6.54. The summed E-state index contributed by atoms with van der Waals surface area (Å²) in [6.45, 7) is 0. The van der Waals surface area contributed by atoms with Crippen LogP contribution in [0.5, 0.6) is 0 Å². The van der Waals surface area contributed by atoms with E-state index in [0.29, 0.717) is 0 Å². The number of pyridine rings is 1. The van der Waals surface area contributed by atoms with E-state index in [9.17, 15) is 4.79 Å². The number of hydrogen-bond donors (Lipinski definition) is 1. The normalized spacial score (nSPS) is 10.6. The number of halogens is 2. The number of aromatic nitrogens is 1. The van der Waals surface area contributed by atoms with Crippen LogP contribution in [0.4, 0.5) is 0 Å². The third-order valence-corrected chi connectivity index (χ3v) is 3.30. The first kappa shape index (κ1) is 13.7. The Balaban J connectivity index is 2.06. The molecule has 96 valence electrons. The average molecular weight is 339 g/mol. The van der Waals surface area contributed by atoms with Crippen LogP contribution in [0.25, 0.3) is 0 Å². The average Bonchev–Trinajstić information content (AvgIpc) is 2.41. The number of hydrazone groups is 1. The van der Waals surface area contributed by atoms with Crippen LogP contribution in [0.1, 0.15) is 15.9 Å². The largest absolute Gasteiger partial charge is 0.274 e. The standard InChI is InChI=1S/C13H9BrClN3O/c14-11-6-2-1-4-9(11)8-17-18-13(19)10-5-3-7-16-12(10)15/h1-8H,(H,18,19)/b17-8+. The number of carbonyl (C=O) groups excluding carboxylic acids is 1. The molecule has 0 saturated carbocycles. The molecule has 0 bridgehead atoms. The fourth-order valence-electron chi connectivity index (χ4n) is 1.36. The lowest BCUT2D eigenvalue weighted by atomic mass is 10.2. The summed E-state index contributed by atoms with van der Waals surface area (Å²) in [5.41, 5.74) is 3.55. The molecule has 0 aliphatic carbocycles. The molecule has 0 unspecified atom stereocenters. The van der Waals surface area contributed by atoms with Crippen molar-refractivity contribution in [3.05, 3.63) is 63.3 Å². The molecule has 0 saturated heterocycles. The number of amides is 1. The second-order valence-corrected chi connectivity index (χ2v) is 4.77. The van der Waals surface area contributed by atoms with E-state index in [2.05, 4.69) is 31.4 Å². The Hall–Kier alpha value is -1.72. The van der Waals surface area contributed by atoms with Crippen LogP contribution < -0.4 is 5.43 Å². The zero-order valence-corrected chi connectivity index (χ0v) is 12.0. The van der Waals surface area contributed by atoms with Crippen molar-refractivity contribution in [2.75, 3.05) is 0 Å². The maximum absolute atomic E-state index is 11.8. The van der Waals surface area contributed by atoms with Crippen molar-refractivity contribution in [2.45, 2.75) is 0 Å². The summed E-state index contributed by atoms with van der Waals surface area (Å²) in [5, 5.41) is 4.03. The molecule has 0 atom stereocenters. The highest BCUT2D eigenvalue weighted by atomic mass is 79.9. The van der Waals surface area contributed by atoms with Crippen molar-refractivity contribution in [3.63, 3.8) is 0 Å². The number of nitrogens with one attached hydrogen (secondary N) is 1. The van der Waals surface area contributed by atoms with Gasteiger partial charge in [0, 0.05) is 16.2 Å². The topological polar surface area (TPSA) is 54.4 Å². The summed E-state index contributed by atoms with van der Waals surface area (Å²) in [4.78, 5) is 15.6. The van der Waals surface area contributed by atoms with Crippen LogP contribution in [0.3, 0.4) is 0 Å². The van der Waals surface area contributed by atoms with E-state index in [0.717, 1.165) is 10.0 Å². The van der Waals surface area contributed by atoms with Crippen molar-refractivity contribution < 1.29 is 4.79 Å². The van der Waals surface area contributed by atoms with Gasteiger partial charge in [0.15, 0.2) is 0 Å². The Kier molecular flexibility index (Phi) is 4.65. The Morgan fingerprint density at radius 2 is 2.11 bits per heavy atom. The Morgan fingerprint density at radius 3 is 2.84 bits per heavy atom. The van der Waals surface area contributed by atoms with Crippen LogP contribution in [0.2, 0.25) is 5.15 Å². The summed E-state index contributed by atoms with van der Waals surface area (Å²) in [6, 6.07) is 10.8. The Bertz CT molecular complexity index is 631. The van der Waals surface area contributed by atoms with Gasteiger partial charge in [-0.3, -0.25) is 4.79 Å². The van der Waals surface area contributed by atoms with Crippen LogP contribution >= 0.6 is 27.5 Å². The lowest BCUT2D eigenvalue weighted by Crippen LogP contribution is -2.18.